The summed E-state index contributed by atoms with van der Waals surface area (Å²) in [4.78, 5) is 11.1. The zero-order chi connectivity index (χ0) is 11.9. The number of hydrogen-bond donors (Lipinski definition) is 1. The van der Waals surface area contributed by atoms with Gasteiger partial charge in [-0.2, -0.15) is 0 Å². The lowest BCUT2D eigenvalue weighted by molar-refractivity contribution is 0.0679. The molecule has 1 N–H and O–H groups in total. The summed E-state index contributed by atoms with van der Waals surface area (Å²) >= 11 is 5.89. The van der Waals surface area contributed by atoms with E-state index in [9.17, 15) is 4.79 Å². The van der Waals surface area contributed by atoms with Crippen LogP contribution in [0, 0.1) is 0 Å². The third-order valence-corrected chi connectivity index (χ3v) is 3.24. The molecule has 1 aromatic rings. The second kappa shape index (κ2) is 3.67. The van der Waals surface area contributed by atoms with Crippen molar-refractivity contribution in [1.82, 2.24) is 0 Å². The Hall–Kier alpha value is -1.22. The Morgan fingerprint density at radius 3 is 2.88 bits per heavy atom. The zero-order valence-electron chi connectivity index (χ0n) is 9.21. The molecule has 1 aliphatic heterocycles. The molecule has 2 rings (SSSR count). The molecule has 0 aromatic heterocycles. The van der Waals surface area contributed by atoms with Crippen molar-refractivity contribution in [3.8, 4) is 5.75 Å². The number of carbonyl (C=O) groups is 1. The maximum absolute atomic E-state index is 11.1. The van der Waals surface area contributed by atoms with Crippen molar-refractivity contribution >= 4 is 17.6 Å². The van der Waals surface area contributed by atoms with Crippen LogP contribution in [0.15, 0.2) is 12.1 Å². The van der Waals surface area contributed by atoms with E-state index in [4.69, 9.17) is 21.4 Å². The number of halogens is 1. The molecule has 1 unspecified atom stereocenters. The van der Waals surface area contributed by atoms with Crippen molar-refractivity contribution in [1.29, 1.82) is 0 Å². The van der Waals surface area contributed by atoms with Crippen molar-refractivity contribution in [2.24, 2.45) is 0 Å². The Balaban J connectivity index is 2.52. The second-order valence-electron chi connectivity index (χ2n) is 4.33. The van der Waals surface area contributed by atoms with Gasteiger partial charge in [0, 0.05) is 17.0 Å². The van der Waals surface area contributed by atoms with Gasteiger partial charge in [-0.25, -0.2) is 4.79 Å². The van der Waals surface area contributed by atoms with Gasteiger partial charge in [0.2, 0.25) is 0 Å². The number of carboxylic acid groups (broad SMARTS) is 1. The number of hydrogen-bond acceptors (Lipinski definition) is 2. The van der Waals surface area contributed by atoms with Gasteiger partial charge in [0.15, 0.2) is 0 Å². The van der Waals surface area contributed by atoms with Crippen molar-refractivity contribution in [3.63, 3.8) is 0 Å². The van der Waals surface area contributed by atoms with E-state index in [1.165, 1.54) is 6.07 Å². The summed E-state index contributed by atoms with van der Waals surface area (Å²) in [5.41, 5.74) is 0.728. The van der Waals surface area contributed by atoms with Crippen LogP contribution in [0.3, 0.4) is 0 Å². The van der Waals surface area contributed by atoms with E-state index in [0.717, 1.165) is 12.0 Å². The molecule has 0 spiro atoms. The van der Waals surface area contributed by atoms with Crippen molar-refractivity contribution < 1.29 is 14.6 Å². The fourth-order valence-electron chi connectivity index (χ4n) is 1.94. The Bertz CT molecular complexity index is 456. The lowest BCUT2D eigenvalue weighted by atomic mass is 9.96. The minimum atomic E-state index is -1.00. The third kappa shape index (κ3) is 1.76. The van der Waals surface area contributed by atoms with Crippen molar-refractivity contribution in [2.75, 3.05) is 0 Å². The van der Waals surface area contributed by atoms with Crippen LogP contribution in [0.1, 0.15) is 36.2 Å². The normalized spacial score (nSPS) is 22.7. The van der Waals surface area contributed by atoms with Gasteiger partial charge < -0.3 is 9.84 Å². The monoisotopic (exact) mass is 240 g/mol. The molecule has 1 atom stereocenters. The molecule has 1 aromatic carbocycles. The van der Waals surface area contributed by atoms with E-state index in [1.54, 1.807) is 6.07 Å². The molecule has 0 saturated heterocycles. The molecule has 16 heavy (non-hydrogen) atoms. The van der Waals surface area contributed by atoms with Crippen LogP contribution in [0.5, 0.6) is 5.75 Å². The number of carboxylic acids is 1. The average molecular weight is 241 g/mol. The molecule has 1 heterocycles. The highest BCUT2D eigenvalue weighted by Gasteiger charge is 2.36. The summed E-state index contributed by atoms with van der Waals surface area (Å²) in [6.45, 7) is 4.00. The number of rotatable bonds is 2. The number of aromatic carboxylic acids is 1. The second-order valence-corrected chi connectivity index (χ2v) is 4.77. The summed E-state index contributed by atoms with van der Waals surface area (Å²) in [5.74, 6) is -0.527. The molecular formula is C12H13ClO3. The average Bonchev–Trinajstić information content (AvgIpc) is 2.54. The predicted octanol–water partition coefficient (Wildman–Crippen LogP) is 3.14. The van der Waals surface area contributed by atoms with E-state index in [1.807, 2.05) is 13.8 Å². The first-order valence-corrected chi connectivity index (χ1v) is 5.58. The third-order valence-electron chi connectivity index (χ3n) is 3.02. The quantitative estimate of drug-likeness (QED) is 0.864. The van der Waals surface area contributed by atoms with Crippen LogP contribution in [-0.4, -0.2) is 16.7 Å². The first-order valence-electron chi connectivity index (χ1n) is 5.20. The van der Waals surface area contributed by atoms with Gasteiger partial charge in [-0.15, -0.1) is 0 Å². The number of benzene rings is 1. The smallest absolute Gasteiger partial charge is 0.339 e. The topological polar surface area (TPSA) is 46.5 Å². The standard InChI is InChI=1S/C12H13ClO3/c1-3-12(2)6-7-4-8(13)5-9(11(14)15)10(7)16-12/h4-5H,3,6H2,1-2H3,(H,14,15). The molecule has 0 radical (unpaired) electrons. The SMILES string of the molecule is CCC1(C)Cc2cc(Cl)cc(C(=O)O)c2O1. The Morgan fingerprint density at radius 2 is 2.31 bits per heavy atom. The molecule has 0 fully saturated rings. The van der Waals surface area contributed by atoms with Crippen molar-refractivity contribution in [2.45, 2.75) is 32.3 Å². The Morgan fingerprint density at radius 1 is 1.62 bits per heavy atom. The van der Waals surface area contributed by atoms with E-state index < -0.39 is 5.97 Å². The molecule has 3 nitrogen and oxygen atoms in total. The number of ether oxygens (including phenoxy) is 1. The molecule has 0 saturated carbocycles. The van der Waals surface area contributed by atoms with Gasteiger partial charge in [0.25, 0.3) is 0 Å². The van der Waals surface area contributed by atoms with E-state index in [-0.39, 0.29) is 11.2 Å². The highest BCUT2D eigenvalue weighted by Crippen LogP contribution is 2.40. The van der Waals surface area contributed by atoms with Crippen LogP contribution in [0.4, 0.5) is 0 Å². The van der Waals surface area contributed by atoms with Gasteiger partial charge in [-0.3, -0.25) is 0 Å². The molecule has 1 aliphatic rings. The van der Waals surface area contributed by atoms with Gasteiger partial charge in [0.1, 0.15) is 16.9 Å². The first-order chi connectivity index (χ1) is 7.45. The van der Waals surface area contributed by atoms with E-state index >= 15 is 0 Å². The highest BCUT2D eigenvalue weighted by molar-refractivity contribution is 6.31. The lowest BCUT2D eigenvalue weighted by Crippen LogP contribution is -2.28. The van der Waals surface area contributed by atoms with Crippen molar-refractivity contribution in [3.05, 3.63) is 28.3 Å². The Labute approximate surface area is 99.0 Å². The van der Waals surface area contributed by atoms with Crippen LogP contribution in [0.25, 0.3) is 0 Å². The molecule has 86 valence electrons. The van der Waals surface area contributed by atoms with Gasteiger partial charge in [0.05, 0.1) is 0 Å². The number of fused-ring (bicyclic) bond motifs is 1. The summed E-state index contributed by atoms with van der Waals surface area (Å²) in [7, 11) is 0. The maximum Gasteiger partial charge on any atom is 0.339 e. The summed E-state index contributed by atoms with van der Waals surface area (Å²) < 4.78 is 5.75. The highest BCUT2D eigenvalue weighted by atomic mass is 35.5. The Kier molecular flexibility index (Phi) is 2.58. The summed E-state index contributed by atoms with van der Waals surface area (Å²) in [5, 5.41) is 9.52. The minimum absolute atomic E-state index is 0.152. The fourth-order valence-corrected chi connectivity index (χ4v) is 2.18. The molecule has 0 amide bonds. The summed E-state index contributed by atoms with van der Waals surface area (Å²) in [6, 6.07) is 3.22. The largest absolute Gasteiger partial charge is 0.486 e. The van der Waals surface area contributed by atoms with Crippen LogP contribution in [-0.2, 0) is 6.42 Å². The van der Waals surface area contributed by atoms with Gasteiger partial charge in [-0.05, 0) is 25.5 Å². The van der Waals surface area contributed by atoms with E-state index in [2.05, 4.69) is 0 Å². The van der Waals surface area contributed by atoms with Crippen LogP contribution in [0.2, 0.25) is 5.02 Å². The van der Waals surface area contributed by atoms with Crippen LogP contribution >= 0.6 is 11.6 Å². The predicted molar refractivity (Wildman–Crippen MR) is 61.4 cm³/mol. The molecule has 0 bridgehead atoms. The van der Waals surface area contributed by atoms with E-state index in [0.29, 0.717) is 17.2 Å². The zero-order valence-corrected chi connectivity index (χ0v) is 9.97. The van der Waals surface area contributed by atoms with Gasteiger partial charge >= 0.3 is 5.97 Å². The first kappa shape index (κ1) is 11.3. The van der Waals surface area contributed by atoms with Gasteiger partial charge in [-0.1, -0.05) is 18.5 Å². The lowest BCUT2D eigenvalue weighted by Gasteiger charge is -2.21. The summed E-state index contributed by atoms with van der Waals surface area (Å²) in [6.07, 6.45) is 1.54. The minimum Gasteiger partial charge on any atom is -0.486 e. The molecule has 0 aliphatic carbocycles. The molecular weight excluding hydrogens is 228 g/mol. The maximum atomic E-state index is 11.1. The fraction of sp³-hybridized carbons (Fsp3) is 0.417. The van der Waals surface area contributed by atoms with Crippen LogP contribution < -0.4 is 4.74 Å². The molecule has 4 heteroatoms.